The third-order valence-electron chi connectivity index (χ3n) is 3.15. The van der Waals surface area contributed by atoms with Crippen LogP contribution in [0.15, 0.2) is 66.7 Å². The molecule has 0 fully saturated rings. The summed E-state index contributed by atoms with van der Waals surface area (Å²) >= 11 is 0. The van der Waals surface area contributed by atoms with Crippen molar-refractivity contribution < 1.29 is 25.8 Å². The van der Waals surface area contributed by atoms with Crippen molar-refractivity contribution in [3.63, 3.8) is 0 Å². The molecule has 0 bridgehead atoms. The van der Waals surface area contributed by atoms with Crippen LogP contribution in [0.25, 0.3) is 16.8 Å². The molecule has 3 aromatic carbocycles. The minimum Gasteiger partial charge on any atom is -0.358 e. The molecule has 122 valence electrons. The summed E-state index contributed by atoms with van der Waals surface area (Å²) < 4.78 is 0. The first-order chi connectivity index (χ1) is 10.3. The Balaban J connectivity index is 0. The monoisotopic (exact) mass is 498 g/mol. The minimum absolute atomic E-state index is 0. The normalized spacial score (nSPS) is 9.75. The molecule has 0 aliphatic heterocycles. The van der Waals surface area contributed by atoms with Gasteiger partial charge in [-0.1, -0.05) is 37.4 Å². The zero-order chi connectivity index (χ0) is 14.9. The average molecular weight is 497 g/mol. The third kappa shape index (κ3) is 7.63. The molecule has 3 aromatic rings. The molecule has 0 N–H and O–H groups in total. The molecule has 2 heteroatoms. The van der Waals surface area contributed by atoms with E-state index in [2.05, 4.69) is 92.0 Å². The maximum Gasteiger partial charge on any atom is 4.00 e. The van der Waals surface area contributed by atoms with Gasteiger partial charge in [-0.3, -0.25) is 6.08 Å². The summed E-state index contributed by atoms with van der Waals surface area (Å²) in [7, 11) is 1.08. The molecule has 2 radical (unpaired) electrons. The van der Waals surface area contributed by atoms with E-state index in [-0.39, 0.29) is 40.7 Å². The zero-order valence-corrected chi connectivity index (χ0v) is 19.7. The van der Waals surface area contributed by atoms with Crippen LogP contribution in [0.2, 0.25) is 13.1 Å². The summed E-state index contributed by atoms with van der Waals surface area (Å²) in [6.07, 6.45) is 6.21. The van der Waals surface area contributed by atoms with Gasteiger partial charge in [0, 0.05) is 9.52 Å². The van der Waals surface area contributed by atoms with Gasteiger partial charge in [-0.2, -0.15) is 23.1 Å². The summed E-state index contributed by atoms with van der Waals surface area (Å²) in [5.41, 5.74) is 2.73. The van der Waals surface area contributed by atoms with Crippen LogP contribution in [-0.4, -0.2) is 9.52 Å². The summed E-state index contributed by atoms with van der Waals surface area (Å²) in [5.74, 6) is 0. The fourth-order valence-electron chi connectivity index (χ4n) is 2.18. The Kier molecular flexibility index (Phi) is 14.9. The number of allylic oxidation sites excluding steroid dienone is 1. The van der Waals surface area contributed by atoms with E-state index in [4.69, 9.17) is 0 Å². The van der Waals surface area contributed by atoms with Crippen molar-refractivity contribution >= 4 is 26.4 Å². The molecule has 0 aromatic heterocycles. The van der Waals surface area contributed by atoms with E-state index < -0.39 is 0 Å². The fourth-order valence-corrected chi connectivity index (χ4v) is 2.18. The molecular weight excluding hydrogens is 471 g/mol. The van der Waals surface area contributed by atoms with Crippen molar-refractivity contribution in [3.05, 3.63) is 98.8 Å². The van der Waals surface area contributed by atoms with Crippen LogP contribution in [0.1, 0.15) is 11.1 Å². The molecule has 0 spiro atoms. The Bertz CT molecular complexity index is 668. The van der Waals surface area contributed by atoms with Crippen LogP contribution in [0.4, 0.5) is 0 Å². The topological polar surface area (TPSA) is 0 Å². The molecule has 0 amide bonds. The molecule has 24 heavy (non-hydrogen) atoms. The Morgan fingerprint density at radius 3 is 2.21 bits per heavy atom. The van der Waals surface area contributed by atoms with E-state index in [1.807, 2.05) is 0 Å². The summed E-state index contributed by atoms with van der Waals surface area (Å²) in [5, 5.41) is 2.66. The van der Waals surface area contributed by atoms with Gasteiger partial charge in [0.05, 0.1) is 0 Å². The van der Waals surface area contributed by atoms with E-state index >= 15 is 0 Å². The molecule has 1 aliphatic rings. The minimum atomic E-state index is 0. The zero-order valence-electron chi connectivity index (χ0n) is 15.1. The van der Waals surface area contributed by atoms with Crippen molar-refractivity contribution in [2.75, 3.05) is 0 Å². The standard InChI is InChI=1S/2C9H7.C2H6Si.2CH3.Hf/c2*1-2-5-9-7-3-6-8(9)4-1;1-3-2;;;/h1-2,4-6H,7H2;1-7H;1-2H3;2*1H3;/q2*-1;;2*-1;+4. The van der Waals surface area contributed by atoms with Gasteiger partial charge in [-0.15, -0.1) is 47.7 Å². The molecule has 4 rings (SSSR count). The largest absolute Gasteiger partial charge is 4.00 e. The predicted octanol–water partition coefficient (Wildman–Crippen LogP) is 6.30. The van der Waals surface area contributed by atoms with Gasteiger partial charge in [0.15, 0.2) is 0 Å². The number of hydrogen-bond donors (Lipinski definition) is 0. The van der Waals surface area contributed by atoms with Crippen molar-refractivity contribution in [1.29, 1.82) is 0 Å². The van der Waals surface area contributed by atoms with Gasteiger partial charge in [-0.05, 0) is 0 Å². The second kappa shape index (κ2) is 14.2. The maximum atomic E-state index is 3.16. The van der Waals surface area contributed by atoms with Crippen LogP contribution in [0.5, 0.6) is 0 Å². The quantitative estimate of drug-likeness (QED) is 0.253. The Morgan fingerprint density at radius 1 is 0.917 bits per heavy atom. The first kappa shape index (κ1) is 25.1. The van der Waals surface area contributed by atoms with Gasteiger partial charge in [0.2, 0.25) is 0 Å². The Labute approximate surface area is 170 Å². The molecule has 0 atom stereocenters. The van der Waals surface area contributed by atoms with E-state index in [0.717, 1.165) is 15.9 Å². The second-order valence-corrected chi connectivity index (χ2v) is 5.88. The van der Waals surface area contributed by atoms with Crippen LogP contribution >= 0.6 is 0 Å². The van der Waals surface area contributed by atoms with Crippen LogP contribution in [0, 0.1) is 20.9 Å². The van der Waals surface area contributed by atoms with E-state index in [1.165, 1.54) is 21.9 Å². The first-order valence-electron chi connectivity index (χ1n) is 7.18. The second-order valence-electron chi connectivity index (χ2n) is 4.88. The third-order valence-corrected chi connectivity index (χ3v) is 3.15. The number of rotatable bonds is 0. The summed E-state index contributed by atoms with van der Waals surface area (Å²) in [6, 6.07) is 23.1. The molecule has 0 saturated heterocycles. The first-order valence-corrected chi connectivity index (χ1v) is 9.18. The van der Waals surface area contributed by atoms with E-state index in [9.17, 15) is 0 Å². The van der Waals surface area contributed by atoms with Gasteiger partial charge < -0.3 is 14.9 Å². The Hall–Kier alpha value is -1.12. The summed E-state index contributed by atoms with van der Waals surface area (Å²) in [4.78, 5) is 0. The van der Waals surface area contributed by atoms with Crippen molar-refractivity contribution in [2.24, 2.45) is 0 Å². The average Bonchev–Trinajstić information content (AvgIpc) is 3.17. The van der Waals surface area contributed by atoms with Crippen LogP contribution in [-0.2, 0) is 32.3 Å². The number of benzene rings is 2. The predicted molar refractivity (Wildman–Crippen MR) is 108 cm³/mol. The molecule has 0 saturated carbocycles. The fraction of sp³-hybridized carbons (Fsp3) is 0.136. The number of fused-ring (bicyclic) bond motifs is 2. The molecular formula is C22H26HfSi. The SMILES string of the molecule is C[Si]C.[C-]1=Cc2ccccc2C1.[CH3-].[CH3-].[Hf+4].c1ccc2[cH-]ccc2c1. The van der Waals surface area contributed by atoms with Crippen molar-refractivity contribution in [1.82, 2.24) is 0 Å². The molecule has 0 heterocycles. The van der Waals surface area contributed by atoms with Gasteiger partial charge in [0.1, 0.15) is 0 Å². The molecule has 1 aliphatic carbocycles. The van der Waals surface area contributed by atoms with Gasteiger partial charge >= 0.3 is 25.8 Å². The smallest absolute Gasteiger partial charge is 0.358 e. The maximum absolute atomic E-state index is 3.16. The Morgan fingerprint density at radius 2 is 1.54 bits per heavy atom. The van der Waals surface area contributed by atoms with Crippen LogP contribution in [0.3, 0.4) is 0 Å². The van der Waals surface area contributed by atoms with Crippen molar-refractivity contribution in [3.8, 4) is 0 Å². The molecule has 0 nitrogen and oxygen atoms in total. The van der Waals surface area contributed by atoms with Gasteiger partial charge in [0.25, 0.3) is 0 Å². The number of hydrogen-bond acceptors (Lipinski definition) is 0. The molecule has 0 unspecified atom stereocenters. The van der Waals surface area contributed by atoms with Gasteiger partial charge in [-0.25, -0.2) is 6.08 Å². The van der Waals surface area contributed by atoms with E-state index in [0.29, 0.717) is 0 Å². The van der Waals surface area contributed by atoms with Crippen molar-refractivity contribution in [2.45, 2.75) is 19.5 Å². The van der Waals surface area contributed by atoms with E-state index in [1.54, 1.807) is 0 Å². The summed E-state index contributed by atoms with van der Waals surface area (Å²) in [6.45, 7) is 4.31. The van der Waals surface area contributed by atoms with Crippen LogP contribution < -0.4 is 0 Å².